The van der Waals surface area contributed by atoms with Crippen molar-refractivity contribution in [3.63, 3.8) is 0 Å². The minimum absolute atomic E-state index is 0.0787. The molecule has 0 heterocycles. The van der Waals surface area contributed by atoms with Crippen LogP contribution in [-0.2, 0) is 11.3 Å². The van der Waals surface area contributed by atoms with Crippen LogP contribution in [0.2, 0.25) is 0 Å². The molecule has 3 aromatic carbocycles. The molecule has 3 rings (SSSR count). The fraction of sp³-hybridized carbons (Fsp3) is 0.0870. The Kier molecular flexibility index (Phi) is 6.89. The predicted molar refractivity (Wildman–Crippen MR) is 110 cm³/mol. The van der Waals surface area contributed by atoms with Gasteiger partial charge in [0.25, 0.3) is 5.91 Å². The maximum atomic E-state index is 13.6. The Morgan fingerprint density at radius 3 is 2.53 bits per heavy atom. The SMILES string of the molecule is COC(=O)c1ccc(COc2cccc(C=NNC(=O)c3ccccc3F)c2)cc1. The van der Waals surface area contributed by atoms with Gasteiger partial charge in [-0.25, -0.2) is 14.6 Å². The summed E-state index contributed by atoms with van der Waals surface area (Å²) in [4.78, 5) is 23.4. The number of halogens is 1. The van der Waals surface area contributed by atoms with Crippen molar-refractivity contribution in [3.05, 3.63) is 101 Å². The van der Waals surface area contributed by atoms with E-state index in [0.29, 0.717) is 23.5 Å². The summed E-state index contributed by atoms with van der Waals surface area (Å²) in [6, 6.07) is 19.7. The molecule has 152 valence electrons. The standard InChI is InChI=1S/C23H19FN2O4/c1-29-23(28)18-11-9-16(10-12-18)15-30-19-6-4-5-17(13-19)14-25-26-22(27)20-7-2-3-8-21(20)24/h2-14H,15H2,1H3,(H,26,27). The molecular weight excluding hydrogens is 387 g/mol. The van der Waals surface area contributed by atoms with Crippen LogP contribution in [0.5, 0.6) is 5.75 Å². The smallest absolute Gasteiger partial charge is 0.337 e. The molecule has 0 unspecified atom stereocenters. The Morgan fingerprint density at radius 1 is 1.03 bits per heavy atom. The lowest BCUT2D eigenvalue weighted by atomic mass is 10.1. The van der Waals surface area contributed by atoms with Crippen LogP contribution in [0.4, 0.5) is 4.39 Å². The number of esters is 1. The first-order valence-corrected chi connectivity index (χ1v) is 9.05. The summed E-state index contributed by atoms with van der Waals surface area (Å²) >= 11 is 0. The summed E-state index contributed by atoms with van der Waals surface area (Å²) < 4.78 is 24.0. The molecule has 0 aliphatic heterocycles. The molecule has 30 heavy (non-hydrogen) atoms. The summed E-state index contributed by atoms with van der Waals surface area (Å²) in [7, 11) is 1.33. The van der Waals surface area contributed by atoms with Gasteiger partial charge in [-0.2, -0.15) is 5.10 Å². The van der Waals surface area contributed by atoms with Crippen LogP contribution in [0.15, 0.2) is 77.9 Å². The van der Waals surface area contributed by atoms with Crippen molar-refractivity contribution in [2.45, 2.75) is 6.61 Å². The van der Waals surface area contributed by atoms with E-state index in [2.05, 4.69) is 15.3 Å². The van der Waals surface area contributed by atoms with Gasteiger partial charge in [-0.1, -0.05) is 36.4 Å². The lowest BCUT2D eigenvalue weighted by molar-refractivity contribution is 0.0600. The van der Waals surface area contributed by atoms with Crippen molar-refractivity contribution in [3.8, 4) is 5.75 Å². The molecular formula is C23H19FN2O4. The number of rotatable bonds is 7. The van der Waals surface area contributed by atoms with Gasteiger partial charge in [0.05, 0.1) is 24.5 Å². The molecule has 0 atom stereocenters. The Morgan fingerprint density at radius 2 is 1.80 bits per heavy atom. The minimum Gasteiger partial charge on any atom is -0.489 e. The number of ether oxygens (including phenoxy) is 2. The Hall–Kier alpha value is -4.00. The Bertz CT molecular complexity index is 1060. The maximum absolute atomic E-state index is 13.6. The van der Waals surface area contributed by atoms with Gasteiger partial charge < -0.3 is 9.47 Å². The summed E-state index contributed by atoms with van der Waals surface area (Å²) in [5.41, 5.74) is 4.27. The molecule has 0 aliphatic carbocycles. The molecule has 0 radical (unpaired) electrons. The highest BCUT2D eigenvalue weighted by molar-refractivity contribution is 5.95. The molecule has 0 aromatic heterocycles. The quantitative estimate of drug-likeness (QED) is 0.366. The van der Waals surface area contributed by atoms with Gasteiger partial charge in [0, 0.05) is 0 Å². The van der Waals surface area contributed by atoms with E-state index in [1.54, 1.807) is 54.6 Å². The summed E-state index contributed by atoms with van der Waals surface area (Å²) in [6.45, 7) is 0.312. The monoisotopic (exact) mass is 406 g/mol. The van der Waals surface area contributed by atoms with Crippen LogP contribution in [-0.4, -0.2) is 25.2 Å². The third-order valence-electron chi connectivity index (χ3n) is 4.14. The van der Waals surface area contributed by atoms with Crippen molar-refractivity contribution < 1.29 is 23.5 Å². The molecule has 0 saturated carbocycles. The van der Waals surface area contributed by atoms with Crippen LogP contribution in [0.25, 0.3) is 0 Å². The number of nitrogens with zero attached hydrogens (tertiary/aromatic N) is 1. The zero-order valence-corrected chi connectivity index (χ0v) is 16.2. The van der Waals surface area contributed by atoms with E-state index in [4.69, 9.17) is 4.74 Å². The molecule has 0 aliphatic rings. The minimum atomic E-state index is -0.632. The average molecular weight is 406 g/mol. The van der Waals surface area contributed by atoms with Crippen molar-refractivity contribution in [2.75, 3.05) is 7.11 Å². The number of methoxy groups -OCH3 is 1. The van der Waals surface area contributed by atoms with Crippen LogP contribution in [0.3, 0.4) is 0 Å². The largest absolute Gasteiger partial charge is 0.489 e. The van der Waals surface area contributed by atoms with Crippen LogP contribution < -0.4 is 10.2 Å². The molecule has 0 spiro atoms. The molecule has 1 amide bonds. The molecule has 0 bridgehead atoms. The highest BCUT2D eigenvalue weighted by Gasteiger charge is 2.09. The van der Waals surface area contributed by atoms with Gasteiger partial charge in [0.15, 0.2) is 0 Å². The summed E-state index contributed by atoms with van der Waals surface area (Å²) in [5, 5.41) is 3.86. The van der Waals surface area contributed by atoms with Crippen molar-refractivity contribution >= 4 is 18.1 Å². The average Bonchev–Trinajstić information content (AvgIpc) is 2.78. The normalized spacial score (nSPS) is 10.6. The van der Waals surface area contributed by atoms with Gasteiger partial charge in [-0.3, -0.25) is 4.79 Å². The van der Waals surface area contributed by atoms with Gasteiger partial charge in [0.1, 0.15) is 18.2 Å². The third-order valence-corrected chi connectivity index (χ3v) is 4.14. The topological polar surface area (TPSA) is 77.0 Å². The van der Waals surface area contributed by atoms with E-state index in [9.17, 15) is 14.0 Å². The maximum Gasteiger partial charge on any atom is 0.337 e. The van der Waals surface area contributed by atoms with Crippen molar-refractivity contribution in [1.82, 2.24) is 5.43 Å². The number of benzene rings is 3. The van der Waals surface area contributed by atoms with Crippen molar-refractivity contribution in [1.29, 1.82) is 0 Å². The van der Waals surface area contributed by atoms with E-state index >= 15 is 0 Å². The number of amides is 1. The fourth-order valence-electron chi connectivity index (χ4n) is 2.58. The molecule has 1 N–H and O–H groups in total. The molecule has 3 aromatic rings. The van der Waals surface area contributed by atoms with E-state index in [1.807, 2.05) is 0 Å². The molecule has 0 saturated heterocycles. The van der Waals surface area contributed by atoms with Gasteiger partial charge >= 0.3 is 5.97 Å². The second-order valence-electron chi connectivity index (χ2n) is 6.23. The van der Waals surface area contributed by atoms with Crippen LogP contribution in [0.1, 0.15) is 31.8 Å². The van der Waals surface area contributed by atoms with E-state index < -0.39 is 17.7 Å². The number of hydrazone groups is 1. The van der Waals surface area contributed by atoms with E-state index in [0.717, 1.165) is 5.56 Å². The first kappa shape index (κ1) is 20.7. The van der Waals surface area contributed by atoms with Crippen molar-refractivity contribution in [2.24, 2.45) is 5.10 Å². The van der Waals surface area contributed by atoms with Crippen LogP contribution >= 0.6 is 0 Å². The Labute approximate surface area is 173 Å². The van der Waals surface area contributed by atoms with E-state index in [1.165, 1.54) is 31.5 Å². The molecule has 6 nitrogen and oxygen atoms in total. The lowest BCUT2D eigenvalue weighted by Gasteiger charge is -2.07. The van der Waals surface area contributed by atoms with Gasteiger partial charge in [-0.15, -0.1) is 0 Å². The lowest BCUT2D eigenvalue weighted by Crippen LogP contribution is -2.18. The van der Waals surface area contributed by atoms with Crippen LogP contribution in [0, 0.1) is 5.82 Å². The second-order valence-corrected chi connectivity index (χ2v) is 6.23. The Balaban J connectivity index is 1.56. The fourth-order valence-corrected chi connectivity index (χ4v) is 2.58. The third kappa shape index (κ3) is 5.51. The summed E-state index contributed by atoms with van der Waals surface area (Å²) in [6.07, 6.45) is 1.44. The first-order valence-electron chi connectivity index (χ1n) is 9.05. The number of hydrogen-bond donors (Lipinski definition) is 1. The van der Waals surface area contributed by atoms with Gasteiger partial charge in [-0.05, 0) is 47.5 Å². The number of nitrogens with one attached hydrogen (secondary N) is 1. The highest BCUT2D eigenvalue weighted by Crippen LogP contribution is 2.15. The summed E-state index contributed by atoms with van der Waals surface area (Å²) in [5.74, 6) is -1.03. The second kappa shape index (κ2) is 9.97. The number of carbonyl (C=O) groups excluding carboxylic acids is 2. The predicted octanol–water partition coefficient (Wildman–Crippen LogP) is 3.96. The molecule has 0 fully saturated rings. The zero-order chi connectivity index (χ0) is 21.3. The highest BCUT2D eigenvalue weighted by atomic mass is 19.1. The first-order chi connectivity index (χ1) is 14.6. The van der Waals surface area contributed by atoms with E-state index in [-0.39, 0.29) is 5.56 Å². The zero-order valence-electron chi connectivity index (χ0n) is 16.2. The van der Waals surface area contributed by atoms with Gasteiger partial charge in [0.2, 0.25) is 0 Å². The number of carbonyl (C=O) groups is 2. The number of hydrogen-bond acceptors (Lipinski definition) is 5. The molecule has 7 heteroatoms.